The van der Waals surface area contributed by atoms with Crippen molar-refractivity contribution in [3.63, 3.8) is 0 Å². The molecule has 4 rings (SSSR count). The van der Waals surface area contributed by atoms with Crippen LogP contribution in [-0.2, 0) is 16.1 Å². The van der Waals surface area contributed by atoms with Gasteiger partial charge in [0.25, 0.3) is 5.56 Å². The molecule has 1 aromatic carbocycles. The number of hydrogen-bond donors (Lipinski definition) is 2. The minimum absolute atomic E-state index is 0.00316. The topological polar surface area (TPSA) is 140 Å². The molecule has 0 unspecified atom stereocenters. The van der Waals surface area contributed by atoms with Crippen LogP contribution in [0.25, 0.3) is 0 Å². The van der Waals surface area contributed by atoms with Gasteiger partial charge >= 0.3 is 5.69 Å². The molecule has 3 N–H and O–H groups in total. The lowest BCUT2D eigenvalue weighted by Gasteiger charge is -2.27. The molecular formula is C25H33N5O6. The molecule has 1 aromatic heterocycles. The van der Waals surface area contributed by atoms with Gasteiger partial charge in [0.15, 0.2) is 17.2 Å². The third kappa shape index (κ3) is 4.95. The zero-order chi connectivity index (χ0) is 25.8. The van der Waals surface area contributed by atoms with Crippen molar-refractivity contribution in [3.8, 4) is 11.5 Å². The van der Waals surface area contributed by atoms with E-state index in [1.807, 2.05) is 13.8 Å². The molecule has 2 aromatic rings. The molecule has 11 nitrogen and oxygen atoms in total. The Labute approximate surface area is 208 Å². The van der Waals surface area contributed by atoms with Gasteiger partial charge in [0, 0.05) is 37.8 Å². The Kier molecular flexibility index (Phi) is 7.66. The lowest BCUT2D eigenvalue weighted by atomic mass is 10.1. The number of amides is 2. The van der Waals surface area contributed by atoms with Gasteiger partial charge in [0.05, 0.1) is 5.92 Å². The Morgan fingerprint density at radius 3 is 2.56 bits per heavy atom. The quantitative estimate of drug-likeness (QED) is 0.537. The number of nitrogens with two attached hydrogens (primary N) is 1. The maximum Gasteiger partial charge on any atom is 0.330 e. The van der Waals surface area contributed by atoms with Crippen LogP contribution >= 0.6 is 0 Å². The van der Waals surface area contributed by atoms with E-state index >= 15 is 0 Å². The van der Waals surface area contributed by atoms with Gasteiger partial charge < -0.3 is 25.0 Å². The second-order valence-corrected chi connectivity index (χ2v) is 9.08. The van der Waals surface area contributed by atoms with Gasteiger partial charge in [0.2, 0.25) is 11.8 Å². The van der Waals surface area contributed by atoms with Crippen molar-refractivity contribution in [2.24, 2.45) is 5.92 Å². The monoisotopic (exact) mass is 499 g/mol. The second-order valence-electron chi connectivity index (χ2n) is 9.08. The van der Waals surface area contributed by atoms with Crippen molar-refractivity contribution in [2.75, 3.05) is 41.8 Å². The summed E-state index contributed by atoms with van der Waals surface area (Å²) < 4.78 is 12.5. The smallest absolute Gasteiger partial charge is 0.330 e. The average Bonchev–Trinajstić information content (AvgIpc) is 3.26. The predicted molar refractivity (Wildman–Crippen MR) is 136 cm³/mol. The number of carbonyl (C=O) groups excluding carboxylic acids is 2. The number of hydrogen-bond acceptors (Lipinski definition) is 7. The van der Waals surface area contributed by atoms with Crippen LogP contribution in [0, 0.1) is 5.92 Å². The number of nitrogens with one attached hydrogen (secondary N) is 1. The van der Waals surface area contributed by atoms with Crippen LogP contribution in [-0.4, -0.2) is 47.7 Å². The Bertz CT molecular complexity index is 1250. The summed E-state index contributed by atoms with van der Waals surface area (Å²) in [5.74, 6) is -0.0977. The number of nitrogens with zero attached hydrogens (tertiary/aromatic N) is 3. The number of benzene rings is 1. The van der Waals surface area contributed by atoms with E-state index in [1.165, 1.54) is 9.47 Å². The number of fused-ring (bicyclic) bond motifs is 1. The maximum atomic E-state index is 13.7. The summed E-state index contributed by atoms with van der Waals surface area (Å²) in [4.78, 5) is 57.1. The van der Waals surface area contributed by atoms with E-state index in [0.29, 0.717) is 49.8 Å². The van der Waals surface area contributed by atoms with Gasteiger partial charge in [-0.2, -0.15) is 0 Å². The fraction of sp³-hybridized carbons (Fsp3) is 0.520. The van der Waals surface area contributed by atoms with Gasteiger partial charge in [-0.3, -0.25) is 23.9 Å². The summed E-state index contributed by atoms with van der Waals surface area (Å²) in [6, 6.07) is 5.25. The minimum Gasteiger partial charge on any atom is -0.486 e. The number of ether oxygens (including phenoxy) is 2. The molecule has 36 heavy (non-hydrogen) atoms. The number of nitrogen functional groups attached to an aromatic ring is 1. The van der Waals surface area contributed by atoms with E-state index in [-0.39, 0.29) is 42.8 Å². The van der Waals surface area contributed by atoms with Crippen LogP contribution in [0.1, 0.15) is 46.0 Å². The fourth-order valence-corrected chi connectivity index (χ4v) is 4.57. The molecule has 0 spiro atoms. The number of rotatable bonds is 9. The first-order valence-corrected chi connectivity index (χ1v) is 12.5. The first-order valence-electron chi connectivity index (χ1n) is 12.5. The average molecular weight is 500 g/mol. The fourth-order valence-electron chi connectivity index (χ4n) is 4.57. The normalized spacial score (nSPS) is 16.9. The number of carbonyl (C=O) groups is 2. The van der Waals surface area contributed by atoms with Crippen LogP contribution in [0.5, 0.6) is 11.5 Å². The van der Waals surface area contributed by atoms with E-state index in [9.17, 15) is 19.2 Å². The molecule has 2 amide bonds. The zero-order valence-corrected chi connectivity index (χ0v) is 20.7. The number of aromatic nitrogens is 2. The zero-order valence-electron chi connectivity index (χ0n) is 20.7. The maximum absolute atomic E-state index is 13.7. The molecule has 1 atom stereocenters. The summed E-state index contributed by atoms with van der Waals surface area (Å²) in [5.41, 5.74) is 5.57. The van der Waals surface area contributed by atoms with E-state index < -0.39 is 17.2 Å². The van der Waals surface area contributed by atoms with Crippen LogP contribution < -0.4 is 36.3 Å². The molecular weight excluding hydrogens is 466 g/mol. The highest BCUT2D eigenvalue weighted by atomic mass is 16.6. The van der Waals surface area contributed by atoms with Crippen LogP contribution in [0.3, 0.4) is 0 Å². The molecule has 1 saturated heterocycles. The molecule has 0 bridgehead atoms. The lowest BCUT2D eigenvalue weighted by Crippen LogP contribution is -2.44. The first-order chi connectivity index (χ1) is 17.3. The number of unbranched alkanes of at least 4 members (excludes halogenated alkanes) is 2. The summed E-state index contributed by atoms with van der Waals surface area (Å²) in [6.07, 6.45) is 2.94. The van der Waals surface area contributed by atoms with E-state index in [0.717, 1.165) is 12.8 Å². The SMILES string of the molecule is CCCCN(C(=O)[C@H]1CC(=O)N(c2ccc3c(c2)OCCO3)C1)c1c(N)n(CCCC)c(=O)[nH]c1=O. The molecule has 0 radical (unpaired) electrons. The third-order valence-electron chi connectivity index (χ3n) is 6.53. The van der Waals surface area contributed by atoms with Gasteiger partial charge in [-0.05, 0) is 25.0 Å². The second kappa shape index (κ2) is 10.9. The Hall–Kier alpha value is -3.76. The third-order valence-corrected chi connectivity index (χ3v) is 6.53. The predicted octanol–water partition coefficient (Wildman–Crippen LogP) is 1.88. The van der Waals surface area contributed by atoms with Crippen LogP contribution in [0.15, 0.2) is 27.8 Å². The van der Waals surface area contributed by atoms with E-state index in [2.05, 4.69) is 4.98 Å². The highest BCUT2D eigenvalue weighted by Gasteiger charge is 2.39. The van der Waals surface area contributed by atoms with E-state index in [1.54, 1.807) is 23.1 Å². The van der Waals surface area contributed by atoms with Gasteiger partial charge in [0.1, 0.15) is 19.0 Å². The molecule has 194 valence electrons. The summed E-state index contributed by atoms with van der Waals surface area (Å²) >= 11 is 0. The highest BCUT2D eigenvalue weighted by Crippen LogP contribution is 2.36. The molecule has 1 fully saturated rings. The first kappa shape index (κ1) is 25.3. The van der Waals surface area contributed by atoms with Crippen molar-refractivity contribution in [1.82, 2.24) is 9.55 Å². The molecule has 3 heterocycles. The van der Waals surface area contributed by atoms with Crippen molar-refractivity contribution in [3.05, 3.63) is 39.0 Å². The van der Waals surface area contributed by atoms with Gasteiger partial charge in [-0.15, -0.1) is 0 Å². The highest BCUT2D eigenvalue weighted by molar-refractivity contribution is 6.05. The molecule has 0 saturated carbocycles. The van der Waals surface area contributed by atoms with Crippen molar-refractivity contribution in [2.45, 2.75) is 52.5 Å². The van der Waals surface area contributed by atoms with Gasteiger partial charge in [-0.25, -0.2) is 4.79 Å². The Morgan fingerprint density at radius 1 is 1.11 bits per heavy atom. The molecule has 11 heteroatoms. The number of H-pyrrole nitrogens is 1. The summed E-state index contributed by atoms with van der Waals surface area (Å²) in [7, 11) is 0. The molecule has 2 aliphatic heterocycles. The summed E-state index contributed by atoms with van der Waals surface area (Å²) in [6.45, 7) is 5.59. The minimum atomic E-state index is -0.706. The number of aromatic amines is 1. The van der Waals surface area contributed by atoms with Crippen LogP contribution in [0.2, 0.25) is 0 Å². The Balaban J connectivity index is 1.63. The standard InChI is InChI=1S/C25H33N5O6/c1-3-5-9-28(21-22(26)29(10-6-4-2)25(34)27-23(21)32)24(33)16-13-20(31)30(15-16)17-7-8-18-19(14-17)36-12-11-35-18/h7-8,14,16H,3-6,9-13,15,26H2,1-2H3,(H,27,32,34)/t16-/m0/s1. The summed E-state index contributed by atoms with van der Waals surface area (Å²) in [5, 5.41) is 0. The van der Waals surface area contributed by atoms with Crippen molar-refractivity contribution < 1.29 is 19.1 Å². The number of anilines is 3. The van der Waals surface area contributed by atoms with Crippen molar-refractivity contribution >= 4 is 29.0 Å². The molecule has 0 aliphatic carbocycles. The lowest BCUT2D eigenvalue weighted by molar-refractivity contribution is -0.124. The van der Waals surface area contributed by atoms with E-state index in [4.69, 9.17) is 15.2 Å². The van der Waals surface area contributed by atoms with Gasteiger partial charge in [-0.1, -0.05) is 26.7 Å². The Morgan fingerprint density at radius 2 is 1.83 bits per heavy atom. The largest absolute Gasteiger partial charge is 0.486 e. The van der Waals surface area contributed by atoms with Crippen molar-refractivity contribution in [1.29, 1.82) is 0 Å². The molecule has 2 aliphatic rings. The van der Waals surface area contributed by atoms with Crippen LogP contribution in [0.4, 0.5) is 17.2 Å².